The van der Waals surface area contributed by atoms with Gasteiger partial charge in [-0.25, -0.2) is 0 Å². The Morgan fingerprint density at radius 2 is 2.13 bits per heavy atom. The second-order valence-corrected chi connectivity index (χ2v) is 6.03. The third-order valence-corrected chi connectivity index (χ3v) is 4.36. The average molecular weight is 335 g/mol. The van der Waals surface area contributed by atoms with Crippen LogP contribution in [-0.2, 0) is 11.3 Å². The van der Waals surface area contributed by atoms with Gasteiger partial charge in [0.05, 0.1) is 25.7 Å². The quantitative estimate of drug-likeness (QED) is 0.936. The number of nitrogens with two attached hydrogens (primary N) is 1. The first kappa shape index (κ1) is 16.1. The molecule has 3 rings (SSSR count). The van der Waals surface area contributed by atoms with Gasteiger partial charge in [0.2, 0.25) is 0 Å². The van der Waals surface area contributed by atoms with Gasteiger partial charge in [-0.15, -0.1) is 0 Å². The number of carbonyl (C=O) groups is 1. The van der Waals surface area contributed by atoms with Crippen LogP contribution in [0.1, 0.15) is 34.9 Å². The molecule has 2 N–H and O–H groups in total. The van der Waals surface area contributed by atoms with Crippen LogP contribution in [0.25, 0.3) is 0 Å². The Morgan fingerprint density at radius 1 is 1.35 bits per heavy atom. The Labute approximate surface area is 140 Å². The van der Waals surface area contributed by atoms with Gasteiger partial charge in [-0.1, -0.05) is 29.8 Å². The number of hydrogen-bond acceptors (Lipinski definition) is 4. The lowest BCUT2D eigenvalue weighted by molar-refractivity contribution is -0.0495. The summed E-state index contributed by atoms with van der Waals surface area (Å²) < 4.78 is 11.3. The van der Waals surface area contributed by atoms with Crippen LogP contribution in [0.4, 0.5) is 0 Å². The number of carbonyl (C=O) groups excluding carboxylic acids is 1. The first-order valence-corrected chi connectivity index (χ1v) is 7.93. The maximum absolute atomic E-state index is 12.7. The predicted molar refractivity (Wildman–Crippen MR) is 87.2 cm³/mol. The number of nitrogens with zero attached hydrogens (tertiary/aromatic N) is 1. The van der Waals surface area contributed by atoms with Gasteiger partial charge in [-0.05, 0) is 25.1 Å². The molecule has 5 nitrogen and oxygen atoms in total. The molecule has 1 aromatic carbocycles. The zero-order valence-electron chi connectivity index (χ0n) is 12.9. The molecule has 0 saturated carbocycles. The van der Waals surface area contributed by atoms with E-state index in [-0.39, 0.29) is 24.6 Å². The molecule has 1 saturated heterocycles. The van der Waals surface area contributed by atoms with Crippen LogP contribution >= 0.6 is 11.6 Å². The standard InChI is InChI=1S/C17H19ClN2O3/c1-11-10-22-16(13-4-2-3-5-14(13)18)9-20(11)17(21)15-7-6-12(8-19)23-15/h2-7,11,16H,8-10,19H2,1H3/t11-,16-/m1/s1. The first-order chi connectivity index (χ1) is 11.1. The number of benzene rings is 1. The SMILES string of the molecule is C[C@@H]1CO[C@@H](c2ccccc2Cl)CN1C(=O)c1ccc(CN)o1. The summed E-state index contributed by atoms with van der Waals surface area (Å²) in [6, 6.07) is 10.9. The topological polar surface area (TPSA) is 68.7 Å². The fraction of sp³-hybridized carbons (Fsp3) is 0.353. The van der Waals surface area contributed by atoms with E-state index < -0.39 is 0 Å². The van der Waals surface area contributed by atoms with Crippen LogP contribution in [-0.4, -0.2) is 30.0 Å². The van der Waals surface area contributed by atoms with Crippen molar-refractivity contribution in [3.63, 3.8) is 0 Å². The Balaban J connectivity index is 1.81. The summed E-state index contributed by atoms with van der Waals surface area (Å²) in [4.78, 5) is 14.5. The number of amides is 1. The number of halogens is 1. The smallest absolute Gasteiger partial charge is 0.289 e. The second kappa shape index (κ2) is 6.74. The number of rotatable bonds is 3. The van der Waals surface area contributed by atoms with E-state index in [1.54, 1.807) is 17.0 Å². The monoisotopic (exact) mass is 334 g/mol. The van der Waals surface area contributed by atoms with Gasteiger partial charge in [0.15, 0.2) is 5.76 Å². The fourth-order valence-corrected chi connectivity index (χ4v) is 2.97. The van der Waals surface area contributed by atoms with Crippen molar-refractivity contribution in [1.82, 2.24) is 4.90 Å². The van der Waals surface area contributed by atoms with Gasteiger partial charge in [-0.3, -0.25) is 4.79 Å². The Bertz CT molecular complexity index is 701. The molecule has 0 radical (unpaired) electrons. The normalized spacial score (nSPS) is 21.4. The highest BCUT2D eigenvalue weighted by atomic mass is 35.5. The van der Waals surface area contributed by atoms with Crippen molar-refractivity contribution in [2.75, 3.05) is 13.2 Å². The summed E-state index contributed by atoms with van der Waals surface area (Å²) in [5.41, 5.74) is 6.42. The van der Waals surface area contributed by atoms with Crippen molar-refractivity contribution in [1.29, 1.82) is 0 Å². The van der Waals surface area contributed by atoms with Gasteiger partial charge >= 0.3 is 0 Å². The van der Waals surface area contributed by atoms with Crippen molar-refractivity contribution in [3.05, 3.63) is 58.5 Å². The molecule has 6 heteroatoms. The Hall–Kier alpha value is -1.82. The van der Waals surface area contributed by atoms with E-state index in [2.05, 4.69) is 0 Å². The largest absolute Gasteiger partial charge is 0.455 e. The molecule has 23 heavy (non-hydrogen) atoms. The van der Waals surface area contributed by atoms with E-state index >= 15 is 0 Å². The summed E-state index contributed by atoms with van der Waals surface area (Å²) in [6.07, 6.45) is -0.243. The molecule has 0 bridgehead atoms. The molecular weight excluding hydrogens is 316 g/mol. The predicted octanol–water partition coefficient (Wildman–Crippen LogP) is 2.99. The minimum atomic E-state index is -0.243. The molecule has 1 aromatic heterocycles. The van der Waals surface area contributed by atoms with Crippen molar-refractivity contribution in [3.8, 4) is 0 Å². The highest BCUT2D eigenvalue weighted by molar-refractivity contribution is 6.31. The number of morpholine rings is 1. The summed E-state index contributed by atoms with van der Waals surface area (Å²) in [7, 11) is 0. The summed E-state index contributed by atoms with van der Waals surface area (Å²) in [5.74, 6) is 0.742. The average Bonchev–Trinajstić information content (AvgIpc) is 3.04. The molecule has 1 aliphatic rings. The van der Waals surface area contributed by atoms with E-state index in [1.807, 2.05) is 31.2 Å². The maximum Gasteiger partial charge on any atom is 0.289 e. The van der Waals surface area contributed by atoms with E-state index in [0.29, 0.717) is 29.7 Å². The maximum atomic E-state index is 12.7. The van der Waals surface area contributed by atoms with Crippen molar-refractivity contribution < 1.29 is 13.9 Å². The van der Waals surface area contributed by atoms with Crippen molar-refractivity contribution in [2.45, 2.75) is 25.6 Å². The van der Waals surface area contributed by atoms with E-state index in [9.17, 15) is 4.79 Å². The third kappa shape index (κ3) is 3.27. The van der Waals surface area contributed by atoms with Crippen molar-refractivity contribution >= 4 is 17.5 Å². The zero-order valence-corrected chi connectivity index (χ0v) is 13.6. The molecule has 0 unspecified atom stereocenters. The molecule has 1 fully saturated rings. The molecule has 2 atom stereocenters. The molecular formula is C17H19ClN2O3. The summed E-state index contributed by atoms with van der Waals surface area (Å²) in [6.45, 7) is 3.11. The van der Waals surface area contributed by atoms with Crippen LogP contribution in [0.2, 0.25) is 5.02 Å². The van der Waals surface area contributed by atoms with Crippen LogP contribution < -0.4 is 5.73 Å². The van der Waals surface area contributed by atoms with Gasteiger partial charge < -0.3 is 19.8 Å². The number of hydrogen-bond donors (Lipinski definition) is 1. The lowest BCUT2D eigenvalue weighted by atomic mass is 10.1. The molecule has 0 aliphatic carbocycles. The van der Waals surface area contributed by atoms with Crippen molar-refractivity contribution in [2.24, 2.45) is 5.73 Å². The Kier molecular flexibility index (Phi) is 4.71. The highest BCUT2D eigenvalue weighted by Crippen LogP contribution is 2.30. The van der Waals surface area contributed by atoms with Crippen LogP contribution in [0.5, 0.6) is 0 Å². The minimum absolute atomic E-state index is 0.0346. The zero-order chi connectivity index (χ0) is 16.4. The van der Waals surface area contributed by atoms with Gasteiger partial charge in [-0.2, -0.15) is 0 Å². The van der Waals surface area contributed by atoms with Gasteiger partial charge in [0.25, 0.3) is 5.91 Å². The third-order valence-electron chi connectivity index (χ3n) is 4.02. The van der Waals surface area contributed by atoms with E-state index in [1.165, 1.54) is 0 Å². The second-order valence-electron chi connectivity index (χ2n) is 5.62. The lowest BCUT2D eigenvalue weighted by Gasteiger charge is -2.38. The fourth-order valence-electron chi connectivity index (χ4n) is 2.71. The number of furan rings is 1. The Morgan fingerprint density at radius 3 is 2.83 bits per heavy atom. The van der Waals surface area contributed by atoms with E-state index in [0.717, 1.165) is 5.56 Å². The van der Waals surface area contributed by atoms with Gasteiger partial charge in [0.1, 0.15) is 11.9 Å². The molecule has 0 spiro atoms. The van der Waals surface area contributed by atoms with Gasteiger partial charge in [0, 0.05) is 10.6 Å². The molecule has 1 amide bonds. The minimum Gasteiger partial charge on any atom is -0.455 e. The van der Waals surface area contributed by atoms with Crippen LogP contribution in [0.15, 0.2) is 40.8 Å². The molecule has 1 aliphatic heterocycles. The summed E-state index contributed by atoms with van der Waals surface area (Å²) >= 11 is 6.24. The lowest BCUT2D eigenvalue weighted by Crippen LogP contribution is -2.48. The van der Waals surface area contributed by atoms with Crippen LogP contribution in [0.3, 0.4) is 0 Å². The highest BCUT2D eigenvalue weighted by Gasteiger charge is 2.33. The number of ether oxygens (including phenoxy) is 1. The van der Waals surface area contributed by atoms with Crippen LogP contribution in [0, 0.1) is 0 Å². The first-order valence-electron chi connectivity index (χ1n) is 7.56. The molecule has 122 valence electrons. The molecule has 2 heterocycles. The van der Waals surface area contributed by atoms with E-state index in [4.69, 9.17) is 26.5 Å². The molecule has 2 aromatic rings. The summed E-state index contributed by atoms with van der Waals surface area (Å²) in [5, 5.41) is 0.642.